The molecule has 22 heavy (non-hydrogen) atoms. The van der Waals surface area contributed by atoms with Gasteiger partial charge in [0.25, 0.3) is 0 Å². The zero-order chi connectivity index (χ0) is 15.9. The third-order valence-electron chi connectivity index (χ3n) is 3.32. The zero-order valence-corrected chi connectivity index (χ0v) is 13.6. The van der Waals surface area contributed by atoms with Gasteiger partial charge in [0.15, 0.2) is 5.69 Å². The Kier molecular flexibility index (Phi) is 3.50. The lowest BCUT2D eigenvalue weighted by Crippen LogP contribution is -2.11. The maximum absolute atomic E-state index is 12.0. The maximum Gasteiger partial charge on any atom is 0.357 e. The third kappa shape index (κ3) is 2.01. The normalized spacial score (nSPS) is 10.6. The number of nitrogens with one attached hydrogen (secondary N) is 1. The molecule has 0 aliphatic rings. The van der Waals surface area contributed by atoms with E-state index in [1.54, 1.807) is 10.6 Å². The summed E-state index contributed by atoms with van der Waals surface area (Å²) in [6.07, 6.45) is 1.51. The standard InChI is InChI=1S/C14H10IN5O2/c1-22-14(21)12-10(17)7(5-16)6-20(12)9-4-2-3-8-11(9)18-19-13(8)15/h2-4,6H,17H2,1H3,(H,18,19). The molecule has 0 radical (unpaired) electrons. The molecule has 0 aliphatic carbocycles. The third-order valence-corrected chi connectivity index (χ3v) is 4.14. The van der Waals surface area contributed by atoms with Gasteiger partial charge in [0, 0.05) is 11.6 Å². The van der Waals surface area contributed by atoms with Gasteiger partial charge in [-0.3, -0.25) is 5.10 Å². The number of aromatic nitrogens is 3. The Labute approximate surface area is 138 Å². The van der Waals surface area contributed by atoms with Crippen molar-refractivity contribution in [3.8, 4) is 11.8 Å². The number of methoxy groups -OCH3 is 1. The van der Waals surface area contributed by atoms with Crippen LogP contribution in [-0.2, 0) is 4.74 Å². The van der Waals surface area contributed by atoms with Crippen molar-refractivity contribution in [2.75, 3.05) is 12.8 Å². The van der Waals surface area contributed by atoms with Gasteiger partial charge in [-0.05, 0) is 34.7 Å². The fourth-order valence-corrected chi connectivity index (χ4v) is 2.85. The van der Waals surface area contributed by atoms with E-state index in [0.29, 0.717) is 11.2 Å². The number of nitrogens with two attached hydrogens (primary N) is 1. The van der Waals surface area contributed by atoms with Crippen LogP contribution in [0.4, 0.5) is 5.69 Å². The van der Waals surface area contributed by atoms with Gasteiger partial charge in [-0.25, -0.2) is 4.79 Å². The summed E-state index contributed by atoms with van der Waals surface area (Å²) in [5, 5.41) is 17.2. The van der Waals surface area contributed by atoms with Crippen LogP contribution in [-0.4, -0.2) is 27.8 Å². The Morgan fingerprint density at radius 3 is 3.00 bits per heavy atom. The predicted molar refractivity (Wildman–Crippen MR) is 88.6 cm³/mol. The van der Waals surface area contributed by atoms with Crippen molar-refractivity contribution in [3.63, 3.8) is 0 Å². The van der Waals surface area contributed by atoms with Crippen LogP contribution < -0.4 is 5.73 Å². The maximum atomic E-state index is 12.0. The van der Waals surface area contributed by atoms with Crippen LogP contribution in [0.5, 0.6) is 0 Å². The van der Waals surface area contributed by atoms with Crippen LogP contribution in [0.3, 0.4) is 0 Å². The quantitative estimate of drug-likeness (QED) is 0.500. The Morgan fingerprint density at radius 2 is 2.32 bits per heavy atom. The van der Waals surface area contributed by atoms with Crippen molar-refractivity contribution in [2.24, 2.45) is 0 Å². The first kappa shape index (κ1) is 14.4. The number of benzene rings is 1. The second-order valence-corrected chi connectivity index (χ2v) is 5.57. The highest BCUT2D eigenvalue weighted by atomic mass is 127. The van der Waals surface area contributed by atoms with Crippen molar-refractivity contribution in [1.82, 2.24) is 14.8 Å². The molecule has 8 heteroatoms. The molecular formula is C14H10IN5O2. The average Bonchev–Trinajstić information content (AvgIpc) is 3.07. The Hall–Kier alpha value is -2.54. The van der Waals surface area contributed by atoms with E-state index in [0.717, 1.165) is 9.09 Å². The molecule has 3 aromatic rings. The number of fused-ring (bicyclic) bond motifs is 1. The van der Waals surface area contributed by atoms with Crippen molar-refractivity contribution in [1.29, 1.82) is 5.26 Å². The summed E-state index contributed by atoms with van der Waals surface area (Å²) >= 11 is 2.14. The molecule has 0 bridgehead atoms. The molecule has 0 saturated heterocycles. The first-order valence-electron chi connectivity index (χ1n) is 6.20. The second-order valence-electron chi connectivity index (χ2n) is 4.49. The average molecular weight is 407 g/mol. The molecule has 1 aromatic carbocycles. The Bertz CT molecular complexity index is 935. The van der Waals surface area contributed by atoms with E-state index in [4.69, 9.17) is 15.7 Å². The number of anilines is 1. The lowest BCUT2D eigenvalue weighted by molar-refractivity contribution is 0.0593. The van der Waals surface area contributed by atoms with Gasteiger partial charge in [-0.15, -0.1) is 0 Å². The molecule has 0 spiro atoms. The fourth-order valence-electron chi connectivity index (χ4n) is 2.29. The minimum absolute atomic E-state index is 0.0941. The number of ether oxygens (including phenoxy) is 1. The molecule has 0 amide bonds. The summed E-state index contributed by atoms with van der Waals surface area (Å²) in [5.74, 6) is -0.610. The van der Waals surface area contributed by atoms with Gasteiger partial charge in [0.1, 0.15) is 15.3 Å². The smallest absolute Gasteiger partial charge is 0.357 e. The summed E-state index contributed by atoms with van der Waals surface area (Å²) in [6.45, 7) is 0. The van der Waals surface area contributed by atoms with E-state index in [1.165, 1.54) is 13.3 Å². The number of hydrogen-bond donors (Lipinski definition) is 2. The zero-order valence-electron chi connectivity index (χ0n) is 11.4. The van der Waals surface area contributed by atoms with Gasteiger partial charge in [-0.2, -0.15) is 10.4 Å². The highest BCUT2D eigenvalue weighted by molar-refractivity contribution is 14.1. The summed E-state index contributed by atoms with van der Waals surface area (Å²) in [5.41, 5.74) is 7.65. The lowest BCUT2D eigenvalue weighted by atomic mass is 10.2. The van der Waals surface area contributed by atoms with E-state index in [-0.39, 0.29) is 16.9 Å². The number of nitrogens with zero attached hydrogens (tertiary/aromatic N) is 3. The molecular weight excluding hydrogens is 397 g/mol. The van der Waals surface area contributed by atoms with Gasteiger partial charge >= 0.3 is 5.97 Å². The number of rotatable bonds is 2. The summed E-state index contributed by atoms with van der Waals surface area (Å²) in [7, 11) is 1.27. The van der Waals surface area contributed by atoms with Crippen LogP contribution in [0.1, 0.15) is 16.1 Å². The number of nitrogen functional groups attached to an aromatic ring is 1. The van der Waals surface area contributed by atoms with Gasteiger partial charge in [0.05, 0.1) is 24.0 Å². The van der Waals surface area contributed by atoms with Crippen molar-refractivity contribution < 1.29 is 9.53 Å². The lowest BCUT2D eigenvalue weighted by Gasteiger charge is -2.08. The van der Waals surface area contributed by atoms with Crippen LogP contribution in [0.2, 0.25) is 0 Å². The number of carbonyl (C=O) groups excluding carboxylic acids is 1. The van der Waals surface area contributed by atoms with E-state index >= 15 is 0 Å². The highest BCUT2D eigenvalue weighted by Crippen LogP contribution is 2.29. The molecule has 110 valence electrons. The summed E-state index contributed by atoms with van der Waals surface area (Å²) < 4.78 is 7.20. The second kappa shape index (κ2) is 5.34. The highest BCUT2D eigenvalue weighted by Gasteiger charge is 2.23. The van der Waals surface area contributed by atoms with Crippen molar-refractivity contribution >= 4 is 45.2 Å². The van der Waals surface area contributed by atoms with Crippen LogP contribution in [0.25, 0.3) is 16.6 Å². The van der Waals surface area contributed by atoms with Crippen molar-refractivity contribution in [3.05, 3.63) is 39.4 Å². The Balaban J connectivity index is 2.36. The molecule has 2 heterocycles. The molecule has 0 atom stereocenters. The number of para-hydroxylation sites is 1. The predicted octanol–water partition coefficient (Wildman–Crippen LogP) is 2.20. The van der Waals surface area contributed by atoms with E-state index in [2.05, 4.69) is 32.8 Å². The number of carbonyl (C=O) groups is 1. The first-order chi connectivity index (χ1) is 10.6. The number of H-pyrrole nitrogens is 1. The van der Waals surface area contributed by atoms with Crippen LogP contribution in [0.15, 0.2) is 24.4 Å². The Morgan fingerprint density at radius 1 is 1.55 bits per heavy atom. The molecule has 3 N–H and O–H groups in total. The summed E-state index contributed by atoms with van der Waals surface area (Å²) in [6, 6.07) is 7.54. The number of aromatic amines is 1. The number of hydrogen-bond acceptors (Lipinski definition) is 5. The molecule has 0 aliphatic heterocycles. The minimum atomic E-state index is -0.610. The number of nitriles is 1. The van der Waals surface area contributed by atoms with E-state index in [9.17, 15) is 4.79 Å². The SMILES string of the molecule is COC(=O)c1c(N)c(C#N)cn1-c1cccc2c(I)[nH]nc12. The van der Waals surface area contributed by atoms with E-state index < -0.39 is 5.97 Å². The molecule has 3 rings (SSSR count). The largest absolute Gasteiger partial charge is 0.464 e. The first-order valence-corrected chi connectivity index (χ1v) is 7.28. The minimum Gasteiger partial charge on any atom is -0.464 e. The van der Waals surface area contributed by atoms with Gasteiger partial charge < -0.3 is 15.0 Å². The fraction of sp³-hybridized carbons (Fsp3) is 0.0714. The van der Waals surface area contributed by atoms with Crippen molar-refractivity contribution in [2.45, 2.75) is 0 Å². The molecule has 2 aromatic heterocycles. The molecule has 0 unspecified atom stereocenters. The van der Waals surface area contributed by atoms with E-state index in [1.807, 2.05) is 18.2 Å². The van der Waals surface area contributed by atoms with Crippen LogP contribution in [0, 0.1) is 15.0 Å². The van der Waals surface area contributed by atoms with Gasteiger partial charge in [0.2, 0.25) is 0 Å². The summed E-state index contributed by atoms with van der Waals surface area (Å²) in [4.78, 5) is 12.0. The van der Waals surface area contributed by atoms with Crippen LogP contribution >= 0.6 is 22.6 Å². The number of halogens is 1. The monoisotopic (exact) mass is 407 g/mol. The van der Waals surface area contributed by atoms with Gasteiger partial charge in [-0.1, -0.05) is 6.07 Å². The molecule has 0 saturated carbocycles. The molecule has 0 fully saturated rings. The topological polar surface area (TPSA) is 110 Å². The number of esters is 1. The molecule has 7 nitrogen and oxygen atoms in total.